The second kappa shape index (κ2) is 26.6. The van der Waals surface area contributed by atoms with Crippen LogP contribution in [0.25, 0.3) is 0 Å². The molecule has 1 spiro atoms. The lowest BCUT2D eigenvalue weighted by molar-refractivity contribution is -0.344. The second-order valence-corrected chi connectivity index (χ2v) is 23.2. The van der Waals surface area contributed by atoms with E-state index in [0.717, 1.165) is 24.8 Å². The van der Waals surface area contributed by atoms with E-state index in [2.05, 4.69) is 92.6 Å². The monoisotopic (exact) mass is 895 g/mol. The Morgan fingerprint density at radius 3 is 2.10 bits per heavy atom. The Morgan fingerprint density at radius 2 is 1.46 bits per heavy atom. The van der Waals surface area contributed by atoms with Crippen LogP contribution in [0.3, 0.4) is 0 Å². The van der Waals surface area contributed by atoms with E-state index in [0.29, 0.717) is 37.7 Å². The lowest BCUT2D eigenvalue weighted by Crippen LogP contribution is -2.59. The summed E-state index contributed by atoms with van der Waals surface area (Å²) in [5.41, 5.74) is 0.647. The molecule has 0 saturated carbocycles. The van der Waals surface area contributed by atoms with Crippen molar-refractivity contribution < 1.29 is 52.0 Å². The summed E-state index contributed by atoms with van der Waals surface area (Å²) >= 11 is 0. The van der Waals surface area contributed by atoms with Gasteiger partial charge >= 0.3 is 23.9 Å². The summed E-state index contributed by atoms with van der Waals surface area (Å²) in [5, 5.41) is -0.0100. The van der Waals surface area contributed by atoms with Crippen molar-refractivity contribution in [2.75, 3.05) is 19.8 Å². The second-order valence-electron chi connectivity index (χ2n) is 18.4. The van der Waals surface area contributed by atoms with Gasteiger partial charge in [-0.2, -0.15) is 0 Å². The molecule has 2 rings (SSSR count). The lowest BCUT2D eigenvalue weighted by atomic mass is 9.78. The Balaban J connectivity index is 2.43. The molecule has 0 amide bonds. The highest BCUT2D eigenvalue weighted by Gasteiger charge is 2.54. The molecule has 11 nitrogen and oxygen atoms in total. The Kier molecular flexibility index (Phi) is 23.3. The summed E-state index contributed by atoms with van der Waals surface area (Å²) in [6, 6.07) is 0. The van der Waals surface area contributed by atoms with Gasteiger partial charge in [-0.3, -0.25) is 9.59 Å². The zero-order valence-corrected chi connectivity index (χ0v) is 41.0. The van der Waals surface area contributed by atoms with Crippen LogP contribution in [0.5, 0.6) is 0 Å². The topological polar surface area (TPSA) is 133 Å². The third-order valence-corrected chi connectivity index (χ3v) is 16.5. The van der Waals surface area contributed by atoms with Crippen LogP contribution in [0.15, 0.2) is 97.7 Å². The highest BCUT2D eigenvalue weighted by molar-refractivity contribution is 6.74. The van der Waals surface area contributed by atoms with Crippen molar-refractivity contribution in [1.29, 1.82) is 0 Å². The number of carbonyl (C=O) groups is 4. The minimum atomic E-state index is -2.18. The maximum absolute atomic E-state index is 13.5. The van der Waals surface area contributed by atoms with Crippen LogP contribution in [-0.4, -0.2) is 81.7 Å². The van der Waals surface area contributed by atoms with Crippen LogP contribution < -0.4 is 0 Å². The van der Waals surface area contributed by atoms with E-state index >= 15 is 0 Å². The molecule has 0 aromatic rings. The van der Waals surface area contributed by atoms with Crippen molar-refractivity contribution in [3.8, 4) is 0 Å². The van der Waals surface area contributed by atoms with Crippen molar-refractivity contribution in [3.63, 3.8) is 0 Å². The van der Waals surface area contributed by atoms with E-state index in [4.69, 9.17) is 32.8 Å². The van der Waals surface area contributed by atoms with Crippen molar-refractivity contribution in [2.24, 2.45) is 11.8 Å². The summed E-state index contributed by atoms with van der Waals surface area (Å²) < 4.78 is 42.6. The van der Waals surface area contributed by atoms with Gasteiger partial charge in [0, 0.05) is 30.9 Å². The predicted octanol–water partition coefficient (Wildman–Crippen LogP) is 11.1. The van der Waals surface area contributed by atoms with E-state index in [-0.39, 0.29) is 61.7 Å². The SMILES string of the molecule is C=CCOC(=O)/C=C/[C@H](C)[C@H](/C=C/C(C)=C/C[C@@H]1O[C@]2(CC[C@@H]1C)CC[C@@](CCCC)(OC(=O)CCC(=O)OCC=C)[C@H](/C=C/C(C)=C/C(=O)OCC=C)O2)O[Si](C)(C)C(C)(C)C. The highest BCUT2D eigenvalue weighted by Crippen LogP contribution is 2.48. The van der Waals surface area contributed by atoms with Crippen LogP contribution in [0.1, 0.15) is 120 Å². The van der Waals surface area contributed by atoms with Crippen molar-refractivity contribution in [3.05, 3.63) is 97.7 Å². The number of carbonyl (C=O) groups excluding carboxylic acids is 4. The molecule has 12 heteroatoms. The molecular weight excluding hydrogens is 817 g/mol. The third kappa shape index (κ3) is 18.9. The number of ether oxygens (including phenoxy) is 6. The molecule has 352 valence electrons. The Hall–Kier alpha value is -4.10. The minimum Gasteiger partial charge on any atom is -0.461 e. The van der Waals surface area contributed by atoms with Crippen LogP contribution in [0.4, 0.5) is 0 Å². The number of hydrogen-bond acceptors (Lipinski definition) is 11. The zero-order valence-electron chi connectivity index (χ0n) is 40.0. The molecule has 2 aliphatic heterocycles. The summed E-state index contributed by atoms with van der Waals surface area (Å²) in [6.07, 6.45) is 23.1. The van der Waals surface area contributed by atoms with E-state index in [1.165, 1.54) is 30.4 Å². The van der Waals surface area contributed by atoms with Crippen molar-refractivity contribution >= 4 is 32.2 Å². The van der Waals surface area contributed by atoms with E-state index in [1.54, 1.807) is 13.0 Å². The first-order valence-electron chi connectivity index (χ1n) is 22.6. The lowest BCUT2D eigenvalue weighted by Gasteiger charge is -2.53. The fraction of sp³-hybridized carbons (Fsp3) is 0.608. The average molecular weight is 895 g/mol. The van der Waals surface area contributed by atoms with Crippen LogP contribution in [-0.2, 0) is 52.0 Å². The van der Waals surface area contributed by atoms with Crippen LogP contribution in [0.2, 0.25) is 18.1 Å². The molecule has 0 aromatic carbocycles. The fourth-order valence-electron chi connectivity index (χ4n) is 7.04. The first-order chi connectivity index (χ1) is 29.6. The normalized spacial score (nSPS) is 24.6. The molecule has 0 bridgehead atoms. The van der Waals surface area contributed by atoms with Crippen LogP contribution in [0, 0.1) is 11.8 Å². The molecule has 0 radical (unpaired) electrons. The summed E-state index contributed by atoms with van der Waals surface area (Å²) in [6.45, 7) is 32.3. The number of rotatable bonds is 25. The van der Waals surface area contributed by atoms with Gasteiger partial charge in [0.15, 0.2) is 14.1 Å². The molecule has 0 aliphatic carbocycles. The highest BCUT2D eigenvalue weighted by atomic mass is 28.4. The van der Waals surface area contributed by atoms with Gasteiger partial charge < -0.3 is 32.8 Å². The maximum atomic E-state index is 13.5. The van der Waals surface area contributed by atoms with E-state index < -0.39 is 49.7 Å². The summed E-state index contributed by atoms with van der Waals surface area (Å²) in [7, 11) is -2.18. The molecule has 0 N–H and O–H groups in total. The molecular formula is C51H78O11Si. The molecule has 0 unspecified atom stereocenters. The number of esters is 4. The quantitative estimate of drug-likeness (QED) is 0.0217. The molecule has 2 saturated heterocycles. The van der Waals surface area contributed by atoms with Gasteiger partial charge in [0.05, 0.1) is 25.0 Å². The average Bonchev–Trinajstić information content (AvgIpc) is 3.23. The number of hydrogen-bond donors (Lipinski definition) is 0. The Labute approximate surface area is 379 Å². The summed E-state index contributed by atoms with van der Waals surface area (Å²) in [5.74, 6) is -2.72. The molecule has 2 aliphatic rings. The van der Waals surface area contributed by atoms with Gasteiger partial charge in [-0.05, 0) is 75.6 Å². The first kappa shape index (κ1) is 55.0. The molecule has 7 atom stereocenters. The number of allylic oxidation sites excluding steroid dienone is 4. The number of unbranched alkanes of at least 4 members (excludes halogenated alkanes) is 1. The smallest absolute Gasteiger partial charge is 0.331 e. The van der Waals surface area contributed by atoms with Gasteiger partial charge in [-0.1, -0.05) is 128 Å². The van der Waals surface area contributed by atoms with Gasteiger partial charge in [0.25, 0.3) is 0 Å². The van der Waals surface area contributed by atoms with Gasteiger partial charge in [0.2, 0.25) is 0 Å². The van der Waals surface area contributed by atoms with Gasteiger partial charge in [-0.25, -0.2) is 9.59 Å². The van der Waals surface area contributed by atoms with E-state index in [1.807, 2.05) is 19.1 Å². The predicted molar refractivity (Wildman–Crippen MR) is 252 cm³/mol. The van der Waals surface area contributed by atoms with Crippen molar-refractivity contribution in [1.82, 2.24) is 0 Å². The van der Waals surface area contributed by atoms with E-state index in [9.17, 15) is 19.2 Å². The third-order valence-electron chi connectivity index (χ3n) is 12.0. The molecule has 2 heterocycles. The zero-order chi connectivity index (χ0) is 47.3. The molecule has 63 heavy (non-hydrogen) atoms. The van der Waals surface area contributed by atoms with Gasteiger partial charge in [-0.15, -0.1) is 0 Å². The van der Waals surface area contributed by atoms with Crippen LogP contribution >= 0.6 is 0 Å². The molecule has 0 aromatic heterocycles. The maximum Gasteiger partial charge on any atom is 0.331 e. The standard InChI is InChI=1S/C51H78O11Si/c1-14-18-30-50(61-47(54)28-27-46(53)57-35-16-3)32-33-51(60-44(50)25-21-39(6)37-48(55)58-36-17-4)31-29-41(8)42(59-51)23-19-38(5)20-24-43(62-63(12,13)49(9,10)11)40(7)22-26-45(52)56-34-15-2/h15-17,19-22,24-26,37,40-44H,2-4,14,18,23,27-36H2,1,5-13H3/b24-20+,25-21+,26-22+,38-19+,39-37+/t40-,41-,42-,43-,44-,50+,51-/m0/s1. The first-order valence-corrected chi connectivity index (χ1v) is 25.5. The Bertz CT molecular complexity index is 1700. The minimum absolute atomic E-state index is 0.0100. The molecule has 2 fully saturated rings. The summed E-state index contributed by atoms with van der Waals surface area (Å²) in [4.78, 5) is 50.3. The Morgan fingerprint density at radius 1 is 0.825 bits per heavy atom. The van der Waals surface area contributed by atoms with Gasteiger partial charge in [0.1, 0.15) is 31.5 Å². The fourth-order valence-corrected chi connectivity index (χ4v) is 8.37. The van der Waals surface area contributed by atoms with Crippen molar-refractivity contribution in [2.45, 2.75) is 167 Å². The largest absolute Gasteiger partial charge is 0.461 e.